The third-order valence-electron chi connectivity index (χ3n) is 4.74. The van der Waals surface area contributed by atoms with Crippen LogP contribution in [0.1, 0.15) is 40.0 Å². The normalized spacial score (nSPS) is 33.8. The smallest absolute Gasteiger partial charge is 0.258 e. The second-order valence-corrected chi connectivity index (χ2v) is 7.51. The summed E-state index contributed by atoms with van der Waals surface area (Å²) in [7, 11) is 2.16. The molecule has 2 heteroatoms. The van der Waals surface area contributed by atoms with Crippen molar-refractivity contribution in [3.05, 3.63) is 24.4 Å². The van der Waals surface area contributed by atoms with E-state index in [-0.39, 0.29) is 0 Å². The quantitative estimate of drug-likeness (QED) is 0.690. The van der Waals surface area contributed by atoms with Gasteiger partial charge in [-0.15, -0.1) is 0 Å². The van der Waals surface area contributed by atoms with Crippen LogP contribution in [0.5, 0.6) is 0 Å². The molecule has 18 heavy (non-hydrogen) atoms. The lowest BCUT2D eigenvalue weighted by Gasteiger charge is -2.37. The number of hydrogen-bond acceptors (Lipinski definition) is 1. The Morgan fingerprint density at radius 3 is 2.72 bits per heavy atom. The second-order valence-electron chi connectivity index (χ2n) is 7.51. The zero-order chi connectivity index (χ0) is 13.0. The van der Waals surface area contributed by atoms with Crippen LogP contribution < -0.4 is 9.47 Å². The molecule has 2 unspecified atom stereocenters. The maximum atomic E-state index is 2.65. The van der Waals surface area contributed by atoms with E-state index in [0.717, 1.165) is 6.04 Å². The maximum absolute atomic E-state index is 2.65. The Morgan fingerprint density at radius 1 is 1.22 bits per heavy atom. The molecule has 2 nitrogen and oxygen atoms in total. The highest BCUT2D eigenvalue weighted by atomic mass is 15.3. The summed E-state index contributed by atoms with van der Waals surface area (Å²) in [5.41, 5.74) is 1.01. The Kier molecular flexibility index (Phi) is 2.48. The molecule has 2 aliphatic rings. The Morgan fingerprint density at radius 2 is 2.00 bits per heavy atom. The average Bonchev–Trinajstić information content (AvgIpc) is 2.48. The number of rotatable bonds is 1. The third-order valence-corrected chi connectivity index (χ3v) is 4.74. The van der Waals surface area contributed by atoms with Gasteiger partial charge in [0.1, 0.15) is 0 Å². The van der Waals surface area contributed by atoms with Crippen molar-refractivity contribution >= 4 is 5.82 Å². The van der Waals surface area contributed by atoms with Crippen molar-refractivity contribution in [1.29, 1.82) is 0 Å². The molecule has 2 heterocycles. The first-order valence-electron chi connectivity index (χ1n) is 7.10. The van der Waals surface area contributed by atoms with Gasteiger partial charge in [0, 0.05) is 11.5 Å². The molecule has 0 radical (unpaired) electrons. The Balaban J connectivity index is 1.95. The second kappa shape index (κ2) is 3.72. The van der Waals surface area contributed by atoms with Crippen LogP contribution in [0.3, 0.4) is 0 Å². The first kappa shape index (κ1) is 12.0. The van der Waals surface area contributed by atoms with E-state index in [0.29, 0.717) is 10.8 Å². The predicted molar refractivity (Wildman–Crippen MR) is 74.5 cm³/mol. The fourth-order valence-corrected chi connectivity index (χ4v) is 4.54. The molecule has 3 rings (SSSR count). The van der Waals surface area contributed by atoms with Crippen LogP contribution in [0.25, 0.3) is 0 Å². The molecule has 1 aliphatic heterocycles. The summed E-state index contributed by atoms with van der Waals surface area (Å²) in [5, 5.41) is 0. The Bertz CT molecular complexity index is 466. The first-order chi connectivity index (χ1) is 8.39. The standard InChI is InChI=1S/C16H25N2/c1-15(2)9-13-10-16(3,11-15)12-18(13)14-7-5-6-8-17(14)4/h5-8,13H,9-12H2,1-4H3/q+1. The molecule has 1 saturated heterocycles. The lowest BCUT2D eigenvalue weighted by Crippen LogP contribution is -2.42. The van der Waals surface area contributed by atoms with Crippen molar-refractivity contribution in [2.75, 3.05) is 11.4 Å². The van der Waals surface area contributed by atoms with Crippen molar-refractivity contribution in [2.45, 2.75) is 46.1 Å². The van der Waals surface area contributed by atoms with Gasteiger partial charge in [0.05, 0.1) is 25.8 Å². The molecule has 0 amide bonds. The van der Waals surface area contributed by atoms with Crippen molar-refractivity contribution in [1.82, 2.24) is 0 Å². The molecular formula is C16H25N2+. The highest BCUT2D eigenvalue weighted by Crippen LogP contribution is 2.52. The van der Waals surface area contributed by atoms with E-state index in [2.05, 4.69) is 61.7 Å². The molecule has 98 valence electrons. The molecule has 1 aliphatic carbocycles. The lowest BCUT2D eigenvalue weighted by atomic mass is 9.65. The fourth-order valence-electron chi connectivity index (χ4n) is 4.54. The molecule has 2 bridgehead atoms. The van der Waals surface area contributed by atoms with E-state index < -0.39 is 0 Å². The van der Waals surface area contributed by atoms with Gasteiger partial charge in [0.2, 0.25) is 0 Å². The van der Waals surface area contributed by atoms with Gasteiger partial charge in [-0.05, 0) is 30.7 Å². The maximum Gasteiger partial charge on any atom is 0.276 e. The summed E-state index contributed by atoms with van der Waals surface area (Å²) in [4.78, 5) is 2.65. The number of aromatic nitrogens is 1. The van der Waals surface area contributed by atoms with Crippen LogP contribution in [0.2, 0.25) is 0 Å². The number of pyridine rings is 1. The third kappa shape index (κ3) is 1.92. The minimum atomic E-state index is 0.500. The monoisotopic (exact) mass is 245 g/mol. The van der Waals surface area contributed by atoms with Crippen molar-refractivity contribution in [2.24, 2.45) is 17.9 Å². The average molecular weight is 245 g/mol. The summed E-state index contributed by atoms with van der Waals surface area (Å²) < 4.78 is 2.26. The summed E-state index contributed by atoms with van der Waals surface area (Å²) in [5.74, 6) is 1.38. The van der Waals surface area contributed by atoms with E-state index in [4.69, 9.17) is 0 Å². The SMILES string of the molecule is C[n+]1ccccc1N1CC2(C)CC1CC(C)(C)C2. The molecule has 1 saturated carbocycles. The number of anilines is 1. The fraction of sp³-hybridized carbons (Fsp3) is 0.688. The van der Waals surface area contributed by atoms with Crippen molar-refractivity contribution in [3.8, 4) is 0 Å². The molecule has 0 N–H and O–H groups in total. The molecule has 0 spiro atoms. The highest BCUT2D eigenvalue weighted by molar-refractivity contribution is 5.38. The summed E-state index contributed by atoms with van der Waals surface area (Å²) >= 11 is 0. The van der Waals surface area contributed by atoms with Gasteiger partial charge in [-0.25, -0.2) is 4.57 Å². The van der Waals surface area contributed by atoms with E-state index in [9.17, 15) is 0 Å². The van der Waals surface area contributed by atoms with Crippen molar-refractivity contribution in [3.63, 3.8) is 0 Å². The van der Waals surface area contributed by atoms with Gasteiger partial charge in [0.25, 0.3) is 5.82 Å². The highest BCUT2D eigenvalue weighted by Gasteiger charge is 2.53. The zero-order valence-corrected chi connectivity index (χ0v) is 12.1. The van der Waals surface area contributed by atoms with Crippen LogP contribution in [-0.4, -0.2) is 12.6 Å². The molecule has 0 aromatic carbocycles. The summed E-state index contributed by atoms with van der Waals surface area (Å²) in [6.45, 7) is 8.57. The predicted octanol–water partition coefficient (Wildman–Crippen LogP) is 2.92. The summed E-state index contributed by atoms with van der Waals surface area (Å²) in [6.07, 6.45) is 6.22. The van der Waals surface area contributed by atoms with Gasteiger partial charge >= 0.3 is 0 Å². The van der Waals surface area contributed by atoms with Gasteiger partial charge in [-0.2, -0.15) is 0 Å². The van der Waals surface area contributed by atoms with Crippen LogP contribution in [0.4, 0.5) is 5.82 Å². The zero-order valence-electron chi connectivity index (χ0n) is 12.1. The Hall–Kier alpha value is -1.05. The molecule has 1 aromatic rings. The number of hydrogen-bond donors (Lipinski definition) is 0. The van der Waals surface area contributed by atoms with Crippen molar-refractivity contribution < 1.29 is 4.57 Å². The van der Waals surface area contributed by atoms with Crippen LogP contribution in [0, 0.1) is 10.8 Å². The number of aryl methyl sites for hydroxylation is 1. The topological polar surface area (TPSA) is 7.12 Å². The van der Waals surface area contributed by atoms with Gasteiger partial charge in [0.15, 0.2) is 0 Å². The van der Waals surface area contributed by atoms with E-state index in [1.54, 1.807) is 0 Å². The van der Waals surface area contributed by atoms with Gasteiger partial charge in [-0.1, -0.05) is 26.8 Å². The van der Waals surface area contributed by atoms with Gasteiger partial charge < -0.3 is 0 Å². The minimum Gasteiger partial charge on any atom is -0.258 e. The van der Waals surface area contributed by atoms with E-state index in [1.807, 2.05) is 0 Å². The minimum absolute atomic E-state index is 0.500. The number of nitrogens with zero attached hydrogens (tertiary/aromatic N) is 2. The van der Waals surface area contributed by atoms with Crippen LogP contribution in [-0.2, 0) is 7.05 Å². The Labute approximate surface area is 111 Å². The van der Waals surface area contributed by atoms with E-state index >= 15 is 0 Å². The molecule has 2 fully saturated rings. The molecule has 2 atom stereocenters. The largest absolute Gasteiger partial charge is 0.276 e. The van der Waals surface area contributed by atoms with E-state index in [1.165, 1.54) is 31.6 Å². The molecule has 1 aromatic heterocycles. The summed E-state index contributed by atoms with van der Waals surface area (Å²) in [6, 6.07) is 7.26. The van der Waals surface area contributed by atoms with Crippen LogP contribution in [0.15, 0.2) is 24.4 Å². The van der Waals surface area contributed by atoms with Gasteiger partial charge in [-0.3, -0.25) is 4.90 Å². The first-order valence-corrected chi connectivity index (χ1v) is 7.10. The molecular weight excluding hydrogens is 220 g/mol. The number of fused-ring (bicyclic) bond motifs is 2. The lowest BCUT2D eigenvalue weighted by molar-refractivity contribution is -0.659. The van der Waals surface area contributed by atoms with Crippen LogP contribution >= 0.6 is 0 Å².